The van der Waals surface area contributed by atoms with Gasteiger partial charge in [-0.3, -0.25) is 0 Å². The number of hydrogen-bond donors (Lipinski definition) is 2. The van der Waals surface area contributed by atoms with Gasteiger partial charge in [0.2, 0.25) is 5.88 Å². The van der Waals surface area contributed by atoms with Crippen LogP contribution < -0.4 is 10.5 Å². The summed E-state index contributed by atoms with van der Waals surface area (Å²) in [6.45, 7) is 0. The fraction of sp³-hybridized carbons (Fsp3) is 0. The van der Waals surface area contributed by atoms with Gasteiger partial charge in [0.25, 0.3) is 0 Å². The minimum Gasteiger partial charge on any atom is -0.508 e. The Morgan fingerprint density at radius 1 is 0.905 bits per heavy atom. The van der Waals surface area contributed by atoms with Gasteiger partial charge in [0.15, 0.2) is 0 Å². The maximum Gasteiger partial charge on any atom is 0.219 e. The largest absolute Gasteiger partial charge is 0.508 e. The van der Waals surface area contributed by atoms with E-state index in [1.165, 1.54) is 0 Å². The fourth-order valence-corrected chi connectivity index (χ4v) is 1.97. The third kappa shape index (κ3) is 3.12. The molecule has 4 heteroatoms. The molecule has 0 saturated carbocycles. The maximum atomic E-state index is 9.50. The number of nitrogens with two attached hydrogens (primary N) is 1. The summed E-state index contributed by atoms with van der Waals surface area (Å²) in [6.07, 6.45) is 1.55. The van der Waals surface area contributed by atoms with Crippen LogP contribution in [0.5, 0.6) is 17.4 Å². The quantitative estimate of drug-likeness (QED) is 0.764. The van der Waals surface area contributed by atoms with E-state index in [1.54, 1.807) is 30.5 Å². The summed E-state index contributed by atoms with van der Waals surface area (Å²) < 4.78 is 5.63. The Labute approximate surface area is 122 Å². The van der Waals surface area contributed by atoms with E-state index in [9.17, 15) is 5.11 Å². The van der Waals surface area contributed by atoms with E-state index in [-0.39, 0.29) is 5.75 Å². The summed E-state index contributed by atoms with van der Waals surface area (Å²) in [4.78, 5) is 4.09. The van der Waals surface area contributed by atoms with E-state index in [0.29, 0.717) is 17.3 Å². The second kappa shape index (κ2) is 5.54. The van der Waals surface area contributed by atoms with Gasteiger partial charge in [0.05, 0.1) is 11.9 Å². The molecular weight excluding hydrogens is 264 g/mol. The highest BCUT2D eigenvalue weighted by Gasteiger charge is 2.01. The maximum absolute atomic E-state index is 9.50. The van der Waals surface area contributed by atoms with Crippen LogP contribution in [0.1, 0.15) is 0 Å². The summed E-state index contributed by atoms with van der Waals surface area (Å²) in [5.41, 5.74) is 8.13. The minimum atomic E-state index is 0.249. The number of ether oxygens (including phenoxy) is 1. The number of aromatic hydroxyl groups is 1. The Hall–Kier alpha value is -3.01. The van der Waals surface area contributed by atoms with Crippen molar-refractivity contribution in [2.24, 2.45) is 0 Å². The molecule has 0 bridgehead atoms. The molecule has 0 aliphatic heterocycles. The Kier molecular flexibility index (Phi) is 3.43. The zero-order valence-corrected chi connectivity index (χ0v) is 11.2. The molecule has 0 aliphatic carbocycles. The van der Waals surface area contributed by atoms with Gasteiger partial charge in [0.1, 0.15) is 11.5 Å². The van der Waals surface area contributed by atoms with Crippen molar-refractivity contribution in [3.63, 3.8) is 0 Å². The molecule has 0 spiro atoms. The molecule has 3 N–H and O–H groups in total. The van der Waals surface area contributed by atoms with E-state index in [0.717, 1.165) is 11.1 Å². The molecule has 2 aromatic carbocycles. The number of phenolic OH excluding ortho intramolecular Hbond substituents is 1. The fourth-order valence-electron chi connectivity index (χ4n) is 1.97. The summed E-state index contributed by atoms with van der Waals surface area (Å²) in [5, 5.41) is 9.50. The summed E-state index contributed by atoms with van der Waals surface area (Å²) >= 11 is 0. The first-order valence-corrected chi connectivity index (χ1v) is 6.49. The first kappa shape index (κ1) is 13.0. The molecule has 0 aliphatic rings. The van der Waals surface area contributed by atoms with E-state index in [1.807, 2.05) is 36.4 Å². The first-order valence-electron chi connectivity index (χ1n) is 6.49. The SMILES string of the molecule is Nc1ccc(Oc2ccc(-c3cccc(O)c3)cc2)nc1. The van der Waals surface area contributed by atoms with Crippen LogP contribution in [-0.4, -0.2) is 10.1 Å². The van der Waals surface area contributed by atoms with Crippen LogP contribution in [0.15, 0.2) is 66.9 Å². The molecule has 4 nitrogen and oxygen atoms in total. The van der Waals surface area contributed by atoms with Crippen molar-refractivity contribution < 1.29 is 9.84 Å². The highest BCUT2D eigenvalue weighted by molar-refractivity contribution is 5.65. The smallest absolute Gasteiger partial charge is 0.219 e. The van der Waals surface area contributed by atoms with E-state index < -0.39 is 0 Å². The molecule has 0 radical (unpaired) electrons. The van der Waals surface area contributed by atoms with Crippen LogP contribution in [-0.2, 0) is 0 Å². The monoisotopic (exact) mass is 278 g/mol. The number of aromatic nitrogens is 1. The Morgan fingerprint density at radius 3 is 2.38 bits per heavy atom. The van der Waals surface area contributed by atoms with Crippen molar-refractivity contribution in [3.8, 4) is 28.5 Å². The predicted molar refractivity (Wildman–Crippen MR) is 82.3 cm³/mol. The zero-order valence-electron chi connectivity index (χ0n) is 11.2. The summed E-state index contributed by atoms with van der Waals surface area (Å²) in [6, 6.07) is 18.2. The average Bonchev–Trinajstić information content (AvgIpc) is 2.50. The zero-order chi connectivity index (χ0) is 14.7. The van der Waals surface area contributed by atoms with Crippen LogP contribution in [0.4, 0.5) is 5.69 Å². The molecule has 3 rings (SSSR count). The average molecular weight is 278 g/mol. The second-order valence-corrected chi connectivity index (χ2v) is 4.61. The number of nitrogen functional groups attached to an aromatic ring is 1. The van der Waals surface area contributed by atoms with Gasteiger partial charge < -0.3 is 15.6 Å². The highest BCUT2D eigenvalue weighted by Crippen LogP contribution is 2.26. The predicted octanol–water partition coefficient (Wildman–Crippen LogP) is 3.83. The lowest BCUT2D eigenvalue weighted by atomic mass is 10.1. The van der Waals surface area contributed by atoms with Gasteiger partial charge >= 0.3 is 0 Å². The van der Waals surface area contributed by atoms with Gasteiger partial charge in [0, 0.05) is 6.07 Å². The molecule has 104 valence electrons. The van der Waals surface area contributed by atoms with Crippen molar-refractivity contribution in [1.82, 2.24) is 4.98 Å². The molecule has 0 fully saturated rings. The molecule has 0 unspecified atom stereocenters. The molecule has 1 heterocycles. The van der Waals surface area contributed by atoms with Gasteiger partial charge in [-0.2, -0.15) is 0 Å². The third-order valence-corrected chi connectivity index (χ3v) is 3.02. The Bertz CT molecular complexity index is 737. The van der Waals surface area contributed by atoms with Gasteiger partial charge in [-0.1, -0.05) is 24.3 Å². The van der Waals surface area contributed by atoms with Crippen molar-refractivity contribution in [2.75, 3.05) is 5.73 Å². The first-order chi connectivity index (χ1) is 10.2. The van der Waals surface area contributed by atoms with Crippen LogP contribution in [0.2, 0.25) is 0 Å². The number of rotatable bonds is 3. The molecular formula is C17H14N2O2. The molecule has 21 heavy (non-hydrogen) atoms. The van der Waals surface area contributed by atoms with E-state index in [4.69, 9.17) is 10.5 Å². The minimum absolute atomic E-state index is 0.249. The number of pyridine rings is 1. The molecule has 0 atom stereocenters. The van der Waals surface area contributed by atoms with Crippen molar-refractivity contribution >= 4 is 5.69 Å². The van der Waals surface area contributed by atoms with Crippen molar-refractivity contribution in [1.29, 1.82) is 0 Å². The Morgan fingerprint density at radius 2 is 1.71 bits per heavy atom. The lowest BCUT2D eigenvalue weighted by Crippen LogP contribution is -1.90. The molecule has 3 aromatic rings. The molecule has 1 aromatic heterocycles. The van der Waals surface area contributed by atoms with E-state index in [2.05, 4.69) is 4.98 Å². The number of nitrogens with zero attached hydrogens (tertiary/aromatic N) is 1. The van der Waals surface area contributed by atoms with Crippen molar-refractivity contribution in [2.45, 2.75) is 0 Å². The lowest BCUT2D eigenvalue weighted by Gasteiger charge is -2.06. The number of benzene rings is 2. The normalized spacial score (nSPS) is 10.3. The van der Waals surface area contributed by atoms with Gasteiger partial charge in [-0.25, -0.2) is 4.98 Å². The van der Waals surface area contributed by atoms with Crippen LogP contribution in [0, 0.1) is 0 Å². The number of phenols is 1. The highest BCUT2D eigenvalue weighted by atomic mass is 16.5. The van der Waals surface area contributed by atoms with Crippen molar-refractivity contribution in [3.05, 3.63) is 66.9 Å². The molecule has 0 saturated heterocycles. The number of anilines is 1. The topological polar surface area (TPSA) is 68.4 Å². The third-order valence-electron chi connectivity index (χ3n) is 3.02. The Balaban J connectivity index is 1.79. The van der Waals surface area contributed by atoms with Crippen LogP contribution >= 0.6 is 0 Å². The lowest BCUT2D eigenvalue weighted by molar-refractivity contribution is 0.463. The van der Waals surface area contributed by atoms with Crippen LogP contribution in [0.3, 0.4) is 0 Å². The van der Waals surface area contributed by atoms with E-state index >= 15 is 0 Å². The van der Waals surface area contributed by atoms with Gasteiger partial charge in [-0.05, 0) is 41.5 Å². The molecule has 0 amide bonds. The summed E-state index contributed by atoms with van der Waals surface area (Å²) in [7, 11) is 0. The van der Waals surface area contributed by atoms with Crippen LogP contribution in [0.25, 0.3) is 11.1 Å². The van der Waals surface area contributed by atoms with Gasteiger partial charge in [-0.15, -0.1) is 0 Å². The second-order valence-electron chi connectivity index (χ2n) is 4.61. The number of hydrogen-bond acceptors (Lipinski definition) is 4. The summed E-state index contributed by atoms with van der Waals surface area (Å²) in [5.74, 6) is 1.43. The standard InChI is InChI=1S/C17H14N2O2/c18-14-6-9-17(19-11-14)21-16-7-4-12(5-8-16)13-2-1-3-15(20)10-13/h1-11,20H,18H2.